The van der Waals surface area contributed by atoms with Gasteiger partial charge in [-0.1, -0.05) is 18.2 Å². The first-order valence-corrected chi connectivity index (χ1v) is 7.24. The summed E-state index contributed by atoms with van der Waals surface area (Å²) < 4.78 is 45.3. The van der Waals surface area contributed by atoms with Crippen LogP contribution in [-0.4, -0.2) is 35.2 Å². The zero-order valence-electron chi connectivity index (χ0n) is 12.5. The lowest BCUT2D eigenvalue weighted by Gasteiger charge is -2.27. The number of aliphatic carboxylic acids is 1. The number of para-hydroxylation sites is 1. The highest BCUT2D eigenvalue weighted by Gasteiger charge is 2.63. The van der Waals surface area contributed by atoms with Crippen molar-refractivity contribution >= 4 is 16.9 Å². The zero-order chi connectivity index (χ0) is 16.8. The Morgan fingerprint density at radius 2 is 2.09 bits per heavy atom. The average Bonchev–Trinajstić information content (AvgIpc) is 3.02. The summed E-state index contributed by atoms with van der Waals surface area (Å²) in [5.41, 5.74) is -1.19. The summed E-state index contributed by atoms with van der Waals surface area (Å²) in [4.78, 5) is 12.8. The number of carboxylic acid groups (broad SMARTS) is 1. The topological polar surface area (TPSA) is 53.7 Å². The van der Waals surface area contributed by atoms with Gasteiger partial charge in [0.25, 0.3) is 0 Å². The first-order valence-electron chi connectivity index (χ1n) is 7.24. The molecule has 2 aromatic rings. The number of hydrogen-bond acceptors (Lipinski definition) is 3. The normalized spacial score (nSPS) is 22.8. The molecule has 1 saturated heterocycles. The predicted octanol–water partition coefficient (Wildman–Crippen LogP) is 3.58. The van der Waals surface area contributed by atoms with Crippen molar-refractivity contribution in [2.75, 3.05) is 13.1 Å². The minimum Gasteiger partial charge on any atom is -0.481 e. The van der Waals surface area contributed by atoms with E-state index in [0.29, 0.717) is 11.3 Å². The molecule has 1 fully saturated rings. The van der Waals surface area contributed by atoms with Crippen LogP contribution in [0.5, 0.6) is 0 Å². The summed E-state index contributed by atoms with van der Waals surface area (Å²) in [6.45, 7) is 1.56. The number of rotatable bonds is 3. The van der Waals surface area contributed by atoms with Gasteiger partial charge < -0.3 is 9.52 Å². The molecule has 1 aliphatic heterocycles. The highest BCUT2D eigenvalue weighted by atomic mass is 19.4. The van der Waals surface area contributed by atoms with Gasteiger partial charge in [-0.25, -0.2) is 0 Å². The third-order valence-corrected chi connectivity index (χ3v) is 4.58. The molecule has 0 bridgehead atoms. The fourth-order valence-electron chi connectivity index (χ4n) is 3.19. The van der Waals surface area contributed by atoms with E-state index in [9.17, 15) is 18.0 Å². The van der Waals surface area contributed by atoms with E-state index in [1.807, 2.05) is 18.2 Å². The number of nitrogens with zero attached hydrogens (tertiary/aromatic N) is 1. The predicted molar refractivity (Wildman–Crippen MR) is 77.0 cm³/mol. The van der Waals surface area contributed by atoms with Gasteiger partial charge in [0.1, 0.15) is 11.3 Å². The SMILES string of the molecule is Cc1oc2ccccc2c1CN1CCC(C(=O)O)(C(F)(F)F)C1. The molecule has 3 rings (SSSR count). The number of carboxylic acids is 1. The van der Waals surface area contributed by atoms with Crippen molar-refractivity contribution in [3.63, 3.8) is 0 Å². The quantitative estimate of drug-likeness (QED) is 0.936. The van der Waals surface area contributed by atoms with Crippen LogP contribution >= 0.6 is 0 Å². The van der Waals surface area contributed by atoms with E-state index < -0.39 is 30.5 Å². The molecule has 0 radical (unpaired) electrons. The van der Waals surface area contributed by atoms with Crippen LogP contribution in [-0.2, 0) is 11.3 Å². The van der Waals surface area contributed by atoms with E-state index in [-0.39, 0.29) is 13.1 Å². The molecule has 0 spiro atoms. The van der Waals surface area contributed by atoms with Crippen LogP contribution in [0, 0.1) is 12.3 Å². The molecule has 23 heavy (non-hydrogen) atoms. The molecule has 1 aromatic heterocycles. The summed E-state index contributed by atoms with van der Waals surface area (Å²) in [6, 6.07) is 7.31. The van der Waals surface area contributed by atoms with Crippen LogP contribution in [0.3, 0.4) is 0 Å². The summed E-state index contributed by atoms with van der Waals surface area (Å²) >= 11 is 0. The number of halogens is 3. The molecule has 0 amide bonds. The highest BCUT2D eigenvalue weighted by molar-refractivity contribution is 5.82. The first-order chi connectivity index (χ1) is 10.7. The molecule has 1 aromatic carbocycles. The highest BCUT2D eigenvalue weighted by Crippen LogP contribution is 2.46. The molecule has 0 aliphatic carbocycles. The van der Waals surface area contributed by atoms with Gasteiger partial charge in [-0.05, 0) is 19.4 Å². The standard InChI is InChI=1S/C16H16F3NO3/c1-10-12(11-4-2-3-5-13(11)23-10)8-20-7-6-15(9-20,14(21)22)16(17,18)19/h2-5H,6-9H2,1H3,(H,21,22). The van der Waals surface area contributed by atoms with Crippen molar-refractivity contribution in [1.29, 1.82) is 0 Å². The van der Waals surface area contributed by atoms with E-state index in [4.69, 9.17) is 9.52 Å². The van der Waals surface area contributed by atoms with Crippen molar-refractivity contribution in [2.45, 2.75) is 26.1 Å². The molecule has 1 unspecified atom stereocenters. The van der Waals surface area contributed by atoms with Gasteiger partial charge in [0.2, 0.25) is 0 Å². The maximum atomic E-state index is 13.2. The third-order valence-electron chi connectivity index (χ3n) is 4.58. The van der Waals surface area contributed by atoms with E-state index in [0.717, 1.165) is 10.9 Å². The van der Waals surface area contributed by atoms with Gasteiger partial charge in [-0.15, -0.1) is 0 Å². The molecule has 4 nitrogen and oxygen atoms in total. The Labute approximate surface area is 130 Å². The van der Waals surface area contributed by atoms with Crippen molar-refractivity contribution in [1.82, 2.24) is 4.90 Å². The van der Waals surface area contributed by atoms with E-state index in [1.165, 1.54) is 4.90 Å². The van der Waals surface area contributed by atoms with Crippen LogP contribution in [0.2, 0.25) is 0 Å². The zero-order valence-corrected chi connectivity index (χ0v) is 12.5. The molecule has 124 valence electrons. The van der Waals surface area contributed by atoms with Crippen LogP contribution in [0.15, 0.2) is 28.7 Å². The molecule has 0 saturated carbocycles. The summed E-state index contributed by atoms with van der Waals surface area (Å²) in [7, 11) is 0. The van der Waals surface area contributed by atoms with E-state index in [2.05, 4.69) is 0 Å². The maximum absolute atomic E-state index is 13.2. The smallest absolute Gasteiger partial charge is 0.406 e. The van der Waals surface area contributed by atoms with Gasteiger partial charge >= 0.3 is 12.1 Å². The van der Waals surface area contributed by atoms with Crippen LogP contribution in [0.1, 0.15) is 17.7 Å². The summed E-state index contributed by atoms with van der Waals surface area (Å²) in [5.74, 6) is -1.16. The van der Waals surface area contributed by atoms with Crippen molar-refractivity contribution in [3.05, 3.63) is 35.6 Å². The Balaban J connectivity index is 1.87. The van der Waals surface area contributed by atoms with Gasteiger partial charge in [0, 0.05) is 30.6 Å². The van der Waals surface area contributed by atoms with Gasteiger partial charge in [0.15, 0.2) is 5.41 Å². The van der Waals surface area contributed by atoms with Gasteiger partial charge in [-0.3, -0.25) is 9.69 Å². The lowest BCUT2D eigenvalue weighted by atomic mass is 9.86. The van der Waals surface area contributed by atoms with Gasteiger partial charge in [-0.2, -0.15) is 13.2 Å². The number of aryl methyl sites for hydroxylation is 1. The lowest BCUT2D eigenvalue weighted by Crippen LogP contribution is -2.47. The molecule has 2 heterocycles. The number of benzene rings is 1. The number of furan rings is 1. The third kappa shape index (κ3) is 2.49. The number of carbonyl (C=O) groups is 1. The number of likely N-dealkylation sites (tertiary alicyclic amines) is 1. The second kappa shape index (κ2) is 5.26. The van der Waals surface area contributed by atoms with Crippen molar-refractivity contribution in [2.24, 2.45) is 5.41 Å². The second-order valence-electron chi connectivity index (χ2n) is 5.98. The minimum atomic E-state index is -4.76. The van der Waals surface area contributed by atoms with Crippen LogP contribution in [0.4, 0.5) is 13.2 Å². The first kappa shape index (κ1) is 15.9. The minimum absolute atomic E-state index is 0.0881. The molecular weight excluding hydrogens is 311 g/mol. The Kier molecular flexibility index (Phi) is 3.63. The number of hydrogen-bond donors (Lipinski definition) is 1. The lowest BCUT2D eigenvalue weighted by molar-refractivity contribution is -0.227. The number of fused-ring (bicyclic) bond motifs is 1. The monoisotopic (exact) mass is 327 g/mol. The van der Waals surface area contributed by atoms with Crippen LogP contribution < -0.4 is 0 Å². The summed E-state index contributed by atoms with van der Waals surface area (Å²) in [6.07, 6.45) is -5.19. The molecular formula is C16H16F3NO3. The van der Waals surface area contributed by atoms with E-state index >= 15 is 0 Å². The Bertz CT molecular complexity index is 753. The van der Waals surface area contributed by atoms with E-state index in [1.54, 1.807) is 13.0 Å². The van der Waals surface area contributed by atoms with Crippen molar-refractivity contribution < 1.29 is 27.5 Å². The fraction of sp³-hybridized carbons (Fsp3) is 0.438. The maximum Gasteiger partial charge on any atom is 0.406 e. The molecule has 1 N–H and O–H groups in total. The fourth-order valence-corrected chi connectivity index (χ4v) is 3.19. The largest absolute Gasteiger partial charge is 0.481 e. The molecule has 1 atom stereocenters. The van der Waals surface area contributed by atoms with Gasteiger partial charge in [0.05, 0.1) is 0 Å². The van der Waals surface area contributed by atoms with Crippen molar-refractivity contribution in [3.8, 4) is 0 Å². The Hall–Kier alpha value is -2.02. The second-order valence-corrected chi connectivity index (χ2v) is 5.98. The Morgan fingerprint density at radius 3 is 2.70 bits per heavy atom. The average molecular weight is 327 g/mol. The Morgan fingerprint density at radius 1 is 1.39 bits per heavy atom. The summed E-state index contributed by atoms with van der Waals surface area (Å²) in [5, 5.41) is 9.96. The molecule has 7 heteroatoms. The van der Waals surface area contributed by atoms with Crippen LogP contribution in [0.25, 0.3) is 11.0 Å². The molecule has 1 aliphatic rings. The number of alkyl halides is 3.